The fourth-order valence-electron chi connectivity index (χ4n) is 2.79. The van der Waals surface area contributed by atoms with Crippen LogP contribution in [0.4, 0.5) is 13.2 Å². The fraction of sp³-hybridized carbons (Fsp3) is 0.227. The summed E-state index contributed by atoms with van der Waals surface area (Å²) < 4.78 is 38.3. The molecule has 3 aromatic rings. The molecule has 0 unspecified atom stereocenters. The van der Waals surface area contributed by atoms with Gasteiger partial charge in [0.15, 0.2) is 0 Å². The summed E-state index contributed by atoms with van der Waals surface area (Å²) >= 11 is 2.17. The summed E-state index contributed by atoms with van der Waals surface area (Å²) in [5, 5.41) is 18.9. The van der Waals surface area contributed by atoms with Gasteiger partial charge in [0, 0.05) is 11.4 Å². The van der Waals surface area contributed by atoms with E-state index >= 15 is 0 Å². The Hall–Kier alpha value is -3.18. The van der Waals surface area contributed by atoms with Gasteiger partial charge in [-0.1, -0.05) is 12.1 Å². The average molecular weight is 496 g/mol. The van der Waals surface area contributed by atoms with Crippen molar-refractivity contribution >= 4 is 40.2 Å². The maximum atomic E-state index is 12.8. The number of rotatable bonds is 6. The van der Waals surface area contributed by atoms with Crippen LogP contribution in [0, 0.1) is 0 Å². The number of nitrogens with one attached hydrogen (secondary N) is 2. The number of carbonyl (C=O) groups is 2. The Balaban J connectivity index is 1.72. The van der Waals surface area contributed by atoms with Crippen LogP contribution in [-0.4, -0.2) is 28.7 Å². The Labute approximate surface area is 195 Å². The number of thiophene rings is 2. The maximum absolute atomic E-state index is 12.8. The number of aromatic hydroxyl groups is 1. The van der Waals surface area contributed by atoms with E-state index in [1.165, 1.54) is 18.2 Å². The van der Waals surface area contributed by atoms with Crippen molar-refractivity contribution in [3.63, 3.8) is 0 Å². The normalized spacial score (nSPS) is 12.2. The molecule has 0 bridgehead atoms. The molecule has 0 aliphatic heterocycles. The van der Waals surface area contributed by atoms with Crippen molar-refractivity contribution in [1.29, 1.82) is 0 Å². The zero-order valence-electron chi connectivity index (χ0n) is 17.8. The zero-order chi connectivity index (χ0) is 24.3. The molecule has 2 heterocycles. The molecule has 0 aliphatic rings. The van der Waals surface area contributed by atoms with Crippen molar-refractivity contribution < 1.29 is 27.9 Å². The van der Waals surface area contributed by atoms with Crippen LogP contribution >= 0.6 is 22.7 Å². The Kier molecular flexibility index (Phi) is 7.23. The predicted molar refractivity (Wildman–Crippen MR) is 123 cm³/mol. The summed E-state index contributed by atoms with van der Waals surface area (Å²) in [5.74, 6) is -0.924. The highest BCUT2D eigenvalue weighted by atomic mass is 32.1. The highest BCUT2D eigenvalue weighted by Crippen LogP contribution is 2.40. The molecule has 6 nitrogen and oxygen atoms in total. The van der Waals surface area contributed by atoms with Crippen molar-refractivity contribution in [2.24, 2.45) is 5.10 Å². The maximum Gasteiger partial charge on any atom is 0.416 e. The van der Waals surface area contributed by atoms with E-state index in [1.54, 1.807) is 18.4 Å². The topological polar surface area (TPSA) is 90.8 Å². The van der Waals surface area contributed by atoms with Crippen LogP contribution in [0.3, 0.4) is 0 Å². The zero-order valence-corrected chi connectivity index (χ0v) is 19.4. The Morgan fingerprint density at radius 1 is 1.03 bits per heavy atom. The Bertz CT molecular complexity index is 1200. The first-order valence-electron chi connectivity index (χ1n) is 9.71. The third-order valence-electron chi connectivity index (χ3n) is 4.43. The summed E-state index contributed by atoms with van der Waals surface area (Å²) in [4.78, 5) is 25.5. The minimum Gasteiger partial charge on any atom is -0.506 e. The van der Waals surface area contributed by atoms with Crippen LogP contribution in [0.5, 0.6) is 5.75 Å². The second-order valence-electron chi connectivity index (χ2n) is 7.33. The molecular formula is C22H20F3N3O3S2. The van der Waals surface area contributed by atoms with Crippen molar-refractivity contribution in [3.05, 3.63) is 62.7 Å². The van der Waals surface area contributed by atoms with Crippen molar-refractivity contribution in [3.8, 4) is 16.2 Å². The quantitative estimate of drug-likeness (QED) is 0.312. The smallest absolute Gasteiger partial charge is 0.416 e. The lowest BCUT2D eigenvalue weighted by atomic mass is 10.1. The van der Waals surface area contributed by atoms with Gasteiger partial charge in [0.25, 0.3) is 11.8 Å². The Morgan fingerprint density at radius 2 is 1.64 bits per heavy atom. The number of benzene rings is 1. The van der Waals surface area contributed by atoms with Gasteiger partial charge in [-0.15, -0.1) is 22.7 Å². The van der Waals surface area contributed by atoms with Crippen LogP contribution in [-0.2, 0) is 6.18 Å². The monoisotopic (exact) mass is 495 g/mol. The second kappa shape index (κ2) is 9.75. The number of hydrazone groups is 1. The van der Waals surface area contributed by atoms with E-state index in [0.29, 0.717) is 31.5 Å². The molecule has 2 aromatic heterocycles. The molecule has 0 fully saturated rings. The third-order valence-corrected chi connectivity index (χ3v) is 6.53. The average Bonchev–Trinajstić information content (AvgIpc) is 3.38. The van der Waals surface area contributed by atoms with Crippen molar-refractivity contribution in [1.82, 2.24) is 10.7 Å². The number of halogens is 3. The first-order chi connectivity index (χ1) is 15.5. The lowest BCUT2D eigenvalue weighted by Crippen LogP contribution is -2.29. The predicted octanol–water partition coefficient (Wildman–Crippen LogP) is 5.49. The molecule has 174 valence electrons. The van der Waals surface area contributed by atoms with E-state index < -0.39 is 17.6 Å². The van der Waals surface area contributed by atoms with Gasteiger partial charge in [-0.3, -0.25) is 9.59 Å². The summed E-state index contributed by atoms with van der Waals surface area (Å²) in [6, 6.07) is 7.51. The molecular weight excluding hydrogens is 475 g/mol. The lowest BCUT2D eigenvalue weighted by molar-refractivity contribution is -0.137. The molecule has 3 rings (SSSR count). The van der Waals surface area contributed by atoms with Crippen LogP contribution in [0.25, 0.3) is 10.4 Å². The molecule has 0 aliphatic carbocycles. The minimum atomic E-state index is -4.44. The van der Waals surface area contributed by atoms with Gasteiger partial charge < -0.3 is 10.4 Å². The number of carbonyl (C=O) groups excluding carboxylic acids is 2. The summed E-state index contributed by atoms with van der Waals surface area (Å²) in [7, 11) is 0. The van der Waals surface area contributed by atoms with E-state index in [2.05, 4.69) is 15.8 Å². The number of hydrogen-bond acceptors (Lipinski definition) is 6. The Morgan fingerprint density at radius 3 is 2.21 bits per heavy atom. The summed E-state index contributed by atoms with van der Waals surface area (Å²) in [5.41, 5.74) is 2.70. The van der Waals surface area contributed by atoms with Crippen molar-refractivity contribution in [2.45, 2.75) is 33.0 Å². The van der Waals surface area contributed by atoms with E-state index in [-0.39, 0.29) is 17.7 Å². The number of hydrogen-bond donors (Lipinski definition) is 3. The summed E-state index contributed by atoms with van der Waals surface area (Å²) in [6.45, 7) is 5.24. The van der Waals surface area contributed by atoms with Crippen LogP contribution in [0.1, 0.15) is 51.2 Å². The number of amides is 2. The molecule has 33 heavy (non-hydrogen) atoms. The van der Waals surface area contributed by atoms with Gasteiger partial charge in [0.2, 0.25) is 0 Å². The van der Waals surface area contributed by atoms with Crippen LogP contribution in [0.15, 0.2) is 46.9 Å². The SMILES string of the molecule is C/C(=N/NC(=O)c1ccc(C(=O)NC(C)C)s1)c1csc(-c2ccc(C(F)(F)F)cc2)c1O. The van der Waals surface area contributed by atoms with Gasteiger partial charge in [-0.25, -0.2) is 5.43 Å². The number of alkyl halides is 3. The molecule has 3 N–H and O–H groups in total. The van der Waals surface area contributed by atoms with Gasteiger partial charge in [-0.2, -0.15) is 18.3 Å². The third kappa shape index (κ3) is 5.79. The van der Waals surface area contributed by atoms with Gasteiger partial charge >= 0.3 is 6.18 Å². The van der Waals surface area contributed by atoms with Gasteiger partial charge in [-0.05, 0) is 50.6 Å². The van der Waals surface area contributed by atoms with Gasteiger partial charge in [0.1, 0.15) is 5.75 Å². The van der Waals surface area contributed by atoms with E-state index in [0.717, 1.165) is 34.8 Å². The molecule has 0 saturated heterocycles. The van der Waals surface area contributed by atoms with E-state index in [9.17, 15) is 27.9 Å². The standard InChI is InChI=1S/C22H20F3N3O3S2/c1-11(2)26-20(30)16-8-9-17(33-16)21(31)28-27-12(3)15-10-32-19(18(15)29)13-4-6-14(7-5-13)22(23,24)25/h4-11,29H,1-3H3,(H,26,30)(H,28,31)/b27-12-. The first kappa shape index (κ1) is 24.5. The lowest BCUT2D eigenvalue weighted by Gasteiger charge is -2.07. The number of nitrogens with zero attached hydrogens (tertiary/aromatic N) is 1. The highest BCUT2D eigenvalue weighted by molar-refractivity contribution is 7.16. The summed E-state index contributed by atoms with van der Waals surface area (Å²) in [6.07, 6.45) is -4.44. The van der Waals surface area contributed by atoms with E-state index in [4.69, 9.17) is 0 Å². The molecule has 11 heteroatoms. The molecule has 0 spiro atoms. The minimum absolute atomic E-state index is 0.0325. The molecule has 0 saturated carbocycles. The highest BCUT2D eigenvalue weighted by Gasteiger charge is 2.30. The second-order valence-corrected chi connectivity index (χ2v) is 9.30. The molecule has 0 radical (unpaired) electrons. The largest absolute Gasteiger partial charge is 0.506 e. The molecule has 2 amide bonds. The fourth-order valence-corrected chi connectivity index (χ4v) is 4.60. The van der Waals surface area contributed by atoms with Gasteiger partial charge in [0.05, 0.1) is 31.5 Å². The van der Waals surface area contributed by atoms with E-state index in [1.807, 2.05) is 13.8 Å². The van der Waals surface area contributed by atoms with Crippen LogP contribution < -0.4 is 10.7 Å². The van der Waals surface area contributed by atoms with Crippen molar-refractivity contribution in [2.75, 3.05) is 0 Å². The van der Waals surface area contributed by atoms with Crippen LogP contribution in [0.2, 0.25) is 0 Å². The molecule has 1 aromatic carbocycles. The first-order valence-corrected chi connectivity index (χ1v) is 11.4. The molecule has 0 atom stereocenters.